The number of nitrogens with zero attached hydrogens (tertiary/aromatic N) is 2. The van der Waals surface area contributed by atoms with Crippen LogP contribution in [0.15, 0.2) is 170 Å². The van der Waals surface area contributed by atoms with Crippen LogP contribution in [0.4, 0.5) is 0 Å². The Morgan fingerprint density at radius 2 is 1.08 bits per heavy atom. The zero-order valence-electron chi connectivity index (χ0n) is 26.0. The molecule has 0 amide bonds. The van der Waals surface area contributed by atoms with Gasteiger partial charge < -0.3 is 4.57 Å². The van der Waals surface area contributed by atoms with E-state index >= 15 is 0 Å². The molecule has 0 aliphatic rings. The summed E-state index contributed by atoms with van der Waals surface area (Å²) in [4.78, 5) is 5.09. The van der Waals surface area contributed by atoms with Crippen LogP contribution in [0.5, 0.6) is 0 Å². The minimum absolute atomic E-state index is 0.990. The maximum absolute atomic E-state index is 5.09. The van der Waals surface area contributed by atoms with Crippen LogP contribution >= 0.6 is 11.3 Å². The molecular formula is C45H28N2S. The first-order chi connectivity index (χ1) is 23.8. The van der Waals surface area contributed by atoms with E-state index < -0.39 is 0 Å². The van der Waals surface area contributed by atoms with Crippen molar-refractivity contribution < 1.29 is 0 Å². The van der Waals surface area contributed by atoms with Crippen LogP contribution in [0.2, 0.25) is 0 Å². The molecule has 224 valence electrons. The minimum Gasteiger partial charge on any atom is -0.309 e. The smallest absolute Gasteiger partial charge is 0.0715 e. The number of aromatic nitrogens is 2. The molecule has 0 fully saturated rings. The lowest BCUT2D eigenvalue weighted by Crippen LogP contribution is -1.92. The van der Waals surface area contributed by atoms with Crippen molar-refractivity contribution in [3.63, 3.8) is 0 Å². The van der Waals surface area contributed by atoms with Gasteiger partial charge in [-0.25, -0.2) is 4.98 Å². The average Bonchev–Trinajstić information content (AvgIpc) is 3.71. The summed E-state index contributed by atoms with van der Waals surface area (Å²) in [6.07, 6.45) is 0. The number of rotatable bonds is 4. The summed E-state index contributed by atoms with van der Waals surface area (Å²) in [5.41, 5.74) is 11.6. The molecule has 0 bridgehead atoms. The first-order valence-electron chi connectivity index (χ1n) is 16.3. The minimum atomic E-state index is 0.990. The third-order valence-electron chi connectivity index (χ3n) is 9.59. The van der Waals surface area contributed by atoms with Crippen LogP contribution < -0.4 is 0 Å². The molecule has 0 saturated heterocycles. The van der Waals surface area contributed by atoms with Crippen molar-refractivity contribution in [3.8, 4) is 39.2 Å². The van der Waals surface area contributed by atoms with Gasteiger partial charge in [-0.15, -0.1) is 11.3 Å². The monoisotopic (exact) mass is 628 g/mol. The highest BCUT2D eigenvalue weighted by Crippen LogP contribution is 2.47. The molecule has 3 aromatic heterocycles. The number of hydrogen-bond donors (Lipinski definition) is 0. The quantitative estimate of drug-likeness (QED) is 0.190. The van der Waals surface area contributed by atoms with Crippen molar-refractivity contribution in [2.24, 2.45) is 0 Å². The summed E-state index contributed by atoms with van der Waals surface area (Å²) in [6, 6.07) is 61.1. The third kappa shape index (κ3) is 4.15. The van der Waals surface area contributed by atoms with Crippen molar-refractivity contribution in [3.05, 3.63) is 170 Å². The summed E-state index contributed by atoms with van der Waals surface area (Å²) in [6.45, 7) is 0. The van der Waals surface area contributed by atoms with Gasteiger partial charge in [0.15, 0.2) is 0 Å². The Bertz CT molecular complexity index is 2810. The van der Waals surface area contributed by atoms with Crippen LogP contribution in [-0.2, 0) is 0 Å². The molecule has 48 heavy (non-hydrogen) atoms. The van der Waals surface area contributed by atoms with E-state index in [0.717, 1.165) is 16.8 Å². The van der Waals surface area contributed by atoms with Gasteiger partial charge in [0.05, 0.1) is 22.2 Å². The Hall–Kier alpha value is -6.03. The second-order valence-corrected chi connectivity index (χ2v) is 13.3. The predicted octanol–water partition coefficient (Wildman–Crippen LogP) is 12.7. The second kappa shape index (κ2) is 10.8. The van der Waals surface area contributed by atoms with Crippen LogP contribution in [0.3, 0.4) is 0 Å². The van der Waals surface area contributed by atoms with Gasteiger partial charge >= 0.3 is 0 Å². The van der Waals surface area contributed by atoms with Gasteiger partial charge in [-0.3, -0.25) is 0 Å². The summed E-state index contributed by atoms with van der Waals surface area (Å²) >= 11 is 1.91. The normalized spacial score (nSPS) is 11.8. The summed E-state index contributed by atoms with van der Waals surface area (Å²) in [7, 11) is 0. The standard InChI is InChI=1S/C45H28N2S/c1-4-13-29(14-5-1)31-23-25-41-38(27-31)43-42(47(41)32-17-8-3-9-18-32)26-24-36-34-20-12-21-35(44(34)48-45(36)43)37-28-40(30-15-6-2-7-16-30)46-39-22-11-10-19-33(37)39/h1-28H. The fraction of sp³-hybridized carbons (Fsp3) is 0. The van der Waals surface area contributed by atoms with E-state index in [1.165, 1.54) is 75.3 Å². The lowest BCUT2D eigenvalue weighted by atomic mass is 9.96. The van der Waals surface area contributed by atoms with Gasteiger partial charge in [0.1, 0.15) is 0 Å². The number of para-hydroxylation sites is 2. The summed E-state index contributed by atoms with van der Waals surface area (Å²) in [5.74, 6) is 0. The topological polar surface area (TPSA) is 17.8 Å². The van der Waals surface area contributed by atoms with Crippen molar-refractivity contribution in [2.75, 3.05) is 0 Å². The highest BCUT2D eigenvalue weighted by molar-refractivity contribution is 7.27. The number of benzene rings is 7. The van der Waals surface area contributed by atoms with Gasteiger partial charge in [0.25, 0.3) is 0 Å². The molecule has 0 radical (unpaired) electrons. The highest BCUT2D eigenvalue weighted by atomic mass is 32.1. The lowest BCUT2D eigenvalue weighted by molar-refractivity contribution is 1.18. The Morgan fingerprint density at radius 1 is 0.417 bits per heavy atom. The largest absolute Gasteiger partial charge is 0.309 e. The number of hydrogen-bond acceptors (Lipinski definition) is 2. The van der Waals surface area contributed by atoms with E-state index in [2.05, 4.69) is 174 Å². The number of fused-ring (bicyclic) bond motifs is 8. The van der Waals surface area contributed by atoms with Crippen LogP contribution in [0.1, 0.15) is 0 Å². The first-order valence-corrected chi connectivity index (χ1v) is 17.1. The Balaban J connectivity index is 1.30. The molecule has 0 atom stereocenters. The van der Waals surface area contributed by atoms with Gasteiger partial charge in [0, 0.05) is 53.1 Å². The summed E-state index contributed by atoms with van der Waals surface area (Å²) in [5, 5.41) is 6.33. The average molecular weight is 629 g/mol. The molecule has 10 aromatic rings. The van der Waals surface area contributed by atoms with E-state index in [9.17, 15) is 0 Å². The maximum atomic E-state index is 5.09. The fourth-order valence-electron chi connectivity index (χ4n) is 7.39. The van der Waals surface area contributed by atoms with Crippen molar-refractivity contribution in [2.45, 2.75) is 0 Å². The Labute approximate surface area is 281 Å². The van der Waals surface area contributed by atoms with Gasteiger partial charge in [0.2, 0.25) is 0 Å². The van der Waals surface area contributed by atoms with Gasteiger partial charge in [-0.05, 0) is 59.2 Å². The molecule has 3 heteroatoms. The fourth-order valence-corrected chi connectivity index (χ4v) is 8.78. The highest BCUT2D eigenvalue weighted by Gasteiger charge is 2.20. The molecule has 2 nitrogen and oxygen atoms in total. The summed E-state index contributed by atoms with van der Waals surface area (Å²) < 4.78 is 5.05. The van der Waals surface area contributed by atoms with Crippen LogP contribution in [0, 0.1) is 0 Å². The molecule has 0 saturated carbocycles. The number of thiophene rings is 1. The molecule has 0 N–H and O–H groups in total. The van der Waals surface area contributed by atoms with E-state index in [1.54, 1.807) is 0 Å². The van der Waals surface area contributed by atoms with Crippen molar-refractivity contribution in [1.29, 1.82) is 0 Å². The lowest BCUT2D eigenvalue weighted by Gasteiger charge is -2.11. The van der Waals surface area contributed by atoms with Crippen molar-refractivity contribution >= 4 is 64.2 Å². The molecular weight excluding hydrogens is 601 g/mol. The van der Waals surface area contributed by atoms with E-state index in [-0.39, 0.29) is 0 Å². The Morgan fingerprint density at radius 3 is 1.90 bits per heavy atom. The molecule has 0 unspecified atom stereocenters. The molecule has 0 aliphatic carbocycles. The molecule has 3 heterocycles. The third-order valence-corrected chi connectivity index (χ3v) is 10.9. The number of pyridine rings is 1. The van der Waals surface area contributed by atoms with E-state index in [0.29, 0.717) is 0 Å². The maximum Gasteiger partial charge on any atom is 0.0715 e. The molecule has 0 aliphatic heterocycles. The first kappa shape index (κ1) is 27.1. The SMILES string of the molecule is c1ccc(-c2ccc3c(c2)c2c4sc5c(-c6cc(-c7ccccc7)nc7ccccc67)cccc5c4ccc2n3-c2ccccc2)cc1. The van der Waals surface area contributed by atoms with Gasteiger partial charge in [-0.2, -0.15) is 0 Å². The zero-order valence-corrected chi connectivity index (χ0v) is 26.8. The zero-order chi connectivity index (χ0) is 31.6. The molecule has 0 spiro atoms. The van der Waals surface area contributed by atoms with Crippen molar-refractivity contribution in [1.82, 2.24) is 9.55 Å². The Kier molecular flexibility index (Phi) is 6.08. The second-order valence-electron chi connectivity index (χ2n) is 12.3. The van der Waals surface area contributed by atoms with Crippen LogP contribution in [0.25, 0.3) is 92.1 Å². The predicted molar refractivity (Wildman–Crippen MR) is 205 cm³/mol. The molecule has 10 rings (SSSR count). The molecule has 7 aromatic carbocycles. The van der Waals surface area contributed by atoms with Crippen LogP contribution in [-0.4, -0.2) is 9.55 Å². The van der Waals surface area contributed by atoms with E-state index in [4.69, 9.17) is 4.98 Å². The van der Waals surface area contributed by atoms with E-state index in [1.807, 2.05) is 11.3 Å². The van der Waals surface area contributed by atoms with Gasteiger partial charge in [-0.1, -0.05) is 127 Å².